The number of carbonyl (C=O) groups is 3. The average molecular weight is 529 g/mol. The third-order valence-corrected chi connectivity index (χ3v) is 7.07. The van der Waals surface area contributed by atoms with Crippen molar-refractivity contribution in [2.45, 2.75) is 25.9 Å². The van der Waals surface area contributed by atoms with Gasteiger partial charge in [0.2, 0.25) is 0 Å². The van der Waals surface area contributed by atoms with Crippen molar-refractivity contribution in [1.29, 1.82) is 0 Å². The molecule has 4 rings (SSSR count). The number of hydrogen-bond donors (Lipinski definition) is 1. The highest BCUT2D eigenvalue weighted by Gasteiger charge is 2.39. The van der Waals surface area contributed by atoms with Crippen molar-refractivity contribution in [2.24, 2.45) is 0 Å². The molecule has 1 fully saturated rings. The van der Waals surface area contributed by atoms with Gasteiger partial charge in [-0.15, -0.1) is 0 Å². The fourth-order valence-electron chi connectivity index (χ4n) is 4.82. The van der Waals surface area contributed by atoms with Gasteiger partial charge >= 0.3 is 12.0 Å². The molecule has 10 heteroatoms. The second-order valence-electron chi connectivity index (χ2n) is 9.11. The minimum absolute atomic E-state index is 0.136. The van der Waals surface area contributed by atoms with Crippen LogP contribution in [0.1, 0.15) is 35.8 Å². The molecule has 3 amide bonds. The number of nitrogens with one attached hydrogen (secondary N) is 1. The first-order valence-corrected chi connectivity index (χ1v) is 12.6. The Morgan fingerprint density at radius 3 is 2.51 bits per heavy atom. The Hall–Kier alpha value is -3.43. The molecule has 2 aliphatic heterocycles. The highest BCUT2D eigenvalue weighted by atomic mass is 35.5. The summed E-state index contributed by atoms with van der Waals surface area (Å²) in [6, 6.07) is 11.4. The number of halogens is 2. The Morgan fingerprint density at radius 1 is 1.14 bits per heavy atom. The van der Waals surface area contributed by atoms with Crippen LogP contribution in [0.15, 0.2) is 59.8 Å². The quantitative estimate of drug-likeness (QED) is 0.576. The number of likely N-dealkylation sites (N-methyl/N-ethyl adjacent to an activating group) is 1. The van der Waals surface area contributed by atoms with E-state index in [2.05, 4.69) is 10.2 Å². The van der Waals surface area contributed by atoms with Crippen LogP contribution in [0.5, 0.6) is 0 Å². The summed E-state index contributed by atoms with van der Waals surface area (Å²) < 4.78 is 20.1. The number of benzene rings is 2. The molecule has 8 nitrogen and oxygen atoms in total. The van der Waals surface area contributed by atoms with E-state index in [-0.39, 0.29) is 36.2 Å². The summed E-state index contributed by atoms with van der Waals surface area (Å²) in [4.78, 5) is 44.4. The summed E-state index contributed by atoms with van der Waals surface area (Å²) in [5, 5.41) is 3.14. The van der Waals surface area contributed by atoms with Crippen molar-refractivity contribution in [3.05, 3.63) is 81.8 Å². The molecule has 0 aromatic heterocycles. The molecule has 2 aliphatic rings. The molecular weight excluding hydrogens is 499 g/mol. The van der Waals surface area contributed by atoms with Crippen LogP contribution in [-0.4, -0.2) is 78.5 Å². The topological polar surface area (TPSA) is 82.2 Å². The molecule has 0 radical (unpaired) electrons. The SMILES string of the molecule is CCOC(=O)C1=C(CN2CCN(C(=O)c3ccccc3Cl)[C@@H](C)C2)N(C)C(=O)N[C@@H]1c1ccccc1F. The molecule has 1 N–H and O–H groups in total. The van der Waals surface area contributed by atoms with Crippen molar-refractivity contribution in [3.8, 4) is 0 Å². The van der Waals surface area contributed by atoms with Crippen LogP contribution >= 0.6 is 11.6 Å². The zero-order valence-corrected chi connectivity index (χ0v) is 21.8. The largest absolute Gasteiger partial charge is 0.463 e. The lowest BCUT2D eigenvalue weighted by Crippen LogP contribution is -2.56. The molecule has 0 bridgehead atoms. The number of urea groups is 1. The van der Waals surface area contributed by atoms with Gasteiger partial charge in [-0.3, -0.25) is 14.6 Å². The maximum atomic E-state index is 14.7. The van der Waals surface area contributed by atoms with E-state index in [1.54, 1.807) is 61.3 Å². The Labute approximate surface area is 220 Å². The van der Waals surface area contributed by atoms with E-state index in [9.17, 15) is 18.8 Å². The maximum absolute atomic E-state index is 14.7. The van der Waals surface area contributed by atoms with Crippen LogP contribution in [0, 0.1) is 5.82 Å². The number of amides is 3. The minimum Gasteiger partial charge on any atom is -0.463 e. The van der Waals surface area contributed by atoms with Gasteiger partial charge < -0.3 is 15.0 Å². The van der Waals surface area contributed by atoms with E-state index >= 15 is 0 Å². The van der Waals surface area contributed by atoms with Crippen molar-refractivity contribution >= 4 is 29.5 Å². The molecule has 2 aromatic carbocycles. The van der Waals surface area contributed by atoms with Gasteiger partial charge in [0.1, 0.15) is 5.82 Å². The van der Waals surface area contributed by atoms with Crippen LogP contribution in [0.25, 0.3) is 0 Å². The molecular formula is C27H30ClFN4O4. The Morgan fingerprint density at radius 2 is 1.84 bits per heavy atom. The third-order valence-electron chi connectivity index (χ3n) is 6.74. The Balaban J connectivity index is 1.62. The number of nitrogens with zero attached hydrogens (tertiary/aromatic N) is 3. The van der Waals surface area contributed by atoms with E-state index in [1.807, 2.05) is 6.92 Å². The van der Waals surface area contributed by atoms with Crippen LogP contribution in [0.3, 0.4) is 0 Å². The maximum Gasteiger partial charge on any atom is 0.338 e. The van der Waals surface area contributed by atoms with E-state index in [0.717, 1.165) is 0 Å². The Bertz CT molecular complexity index is 1240. The summed E-state index contributed by atoms with van der Waals surface area (Å²) >= 11 is 6.24. The van der Waals surface area contributed by atoms with Crippen molar-refractivity contribution in [2.75, 3.05) is 39.8 Å². The molecule has 37 heavy (non-hydrogen) atoms. The van der Waals surface area contributed by atoms with E-state index < -0.39 is 23.9 Å². The van der Waals surface area contributed by atoms with Gasteiger partial charge in [0.25, 0.3) is 5.91 Å². The first-order valence-electron chi connectivity index (χ1n) is 12.2. The smallest absolute Gasteiger partial charge is 0.338 e. The van der Waals surface area contributed by atoms with Crippen molar-refractivity contribution in [1.82, 2.24) is 20.0 Å². The molecule has 0 unspecified atom stereocenters. The summed E-state index contributed by atoms with van der Waals surface area (Å²) in [5.74, 6) is -1.28. The number of ether oxygens (including phenoxy) is 1. The van der Waals surface area contributed by atoms with E-state index in [4.69, 9.17) is 16.3 Å². The zero-order chi connectivity index (χ0) is 26.7. The van der Waals surface area contributed by atoms with Gasteiger partial charge in [-0.05, 0) is 32.0 Å². The van der Waals surface area contributed by atoms with Crippen LogP contribution in [0.4, 0.5) is 9.18 Å². The first kappa shape index (κ1) is 26.6. The van der Waals surface area contributed by atoms with Gasteiger partial charge in [0.05, 0.1) is 28.8 Å². The zero-order valence-electron chi connectivity index (χ0n) is 21.0. The lowest BCUT2D eigenvalue weighted by molar-refractivity contribution is -0.139. The summed E-state index contributed by atoms with van der Waals surface area (Å²) in [7, 11) is 1.57. The van der Waals surface area contributed by atoms with Crippen LogP contribution < -0.4 is 5.32 Å². The monoisotopic (exact) mass is 528 g/mol. The Kier molecular flexibility index (Phi) is 8.14. The predicted molar refractivity (Wildman–Crippen MR) is 137 cm³/mol. The number of rotatable bonds is 6. The molecule has 1 saturated heterocycles. The predicted octanol–water partition coefficient (Wildman–Crippen LogP) is 3.84. The third kappa shape index (κ3) is 5.47. The summed E-state index contributed by atoms with van der Waals surface area (Å²) in [6.45, 7) is 5.49. The van der Waals surface area contributed by atoms with Gasteiger partial charge in [-0.2, -0.15) is 0 Å². The number of piperazine rings is 1. The molecule has 2 heterocycles. The first-order chi connectivity index (χ1) is 17.7. The number of esters is 1. The van der Waals surface area contributed by atoms with Gasteiger partial charge in [-0.1, -0.05) is 41.9 Å². The van der Waals surface area contributed by atoms with E-state index in [0.29, 0.717) is 35.9 Å². The average Bonchev–Trinajstić information content (AvgIpc) is 2.87. The second kappa shape index (κ2) is 11.3. The standard InChI is InChI=1S/C27H30ClFN4O4/c1-4-37-26(35)23-22(31(3)27(36)30-24(23)19-10-6-8-12-21(19)29)16-32-13-14-33(17(2)15-32)25(34)18-9-5-7-11-20(18)28/h5-12,17,24H,4,13-16H2,1-3H3,(H,30,36)/t17-,24+/m0/s1. The highest BCUT2D eigenvalue weighted by molar-refractivity contribution is 6.33. The van der Waals surface area contributed by atoms with Crippen molar-refractivity contribution in [3.63, 3.8) is 0 Å². The van der Waals surface area contributed by atoms with Crippen LogP contribution in [0.2, 0.25) is 5.02 Å². The normalized spacial score (nSPS) is 20.6. The lowest BCUT2D eigenvalue weighted by atomic mass is 9.93. The summed E-state index contributed by atoms with van der Waals surface area (Å²) in [5.41, 5.74) is 1.27. The molecule has 2 atom stereocenters. The molecule has 196 valence electrons. The lowest BCUT2D eigenvalue weighted by Gasteiger charge is -2.42. The van der Waals surface area contributed by atoms with Gasteiger partial charge in [0, 0.05) is 50.5 Å². The fraction of sp³-hybridized carbons (Fsp3) is 0.370. The second-order valence-corrected chi connectivity index (χ2v) is 9.51. The highest BCUT2D eigenvalue weighted by Crippen LogP contribution is 2.33. The van der Waals surface area contributed by atoms with Crippen molar-refractivity contribution < 1.29 is 23.5 Å². The number of hydrogen-bond acceptors (Lipinski definition) is 5. The van der Waals surface area contributed by atoms with Gasteiger partial charge in [-0.25, -0.2) is 14.0 Å². The molecule has 0 saturated carbocycles. The molecule has 2 aromatic rings. The van der Waals surface area contributed by atoms with E-state index in [1.165, 1.54) is 11.0 Å². The van der Waals surface area contributed by atoms with Gasteiger partial charge in [0.15, 0.2) is 0 Å². The number of carbonyl (C=O) groups excluding carboxylic acids is 3. The summed E-state index contributed by atoms with van der Waals surface area (Å²) in [6.07, 6.45) is 0. The fourth-order valence-corrected chi connectivity index (χ4v) is 5.04. The molecule has 0 spiro atoms. The molecule has 0 aliphatic carbocycles. The minimum atomic E-state index is -0.987. The van der Waals surface area contributed by atoms with Crippen LogP contribution in [-0.2, 0) is 9.53 Å².